The average molecular weight is 258 g/mol. The van der Waals surface area contributed by atoms with Crippen molar-refractivity contribution >= 4 is 17.5 Å². The molecule has 0 radical (unpaired) electrons. The third-order valence-electron chi connectivity index (χ3n) is 2.70. The first-order valence-corrected chi connectivity index (χ1v) is 5.34. The zero-order chi connectivity index (χ0) is 14.0. The molecule has 0 fully saturated rings. The highest BCUT2D eigenvalue weighted by Crippen LogP contribution is 2.20. The molecule has 0 amide bonds. The van der Waals surface area contributed by atoms with Crippen LogP contribution in [0.5, 0.6) is 0 Å². The first kappa shape index (κ1) is 12.6. The molecule has 2 aromatic rings. The highest BCUT2D eigenvalue weighted by molar-refractivity contribution is 6.02. The number of carbonyl (C=O) groups is 2. The number of fused-ring (bicyclic) bond motifs is 1. The minimum Gasteiger partial charge on any atom is -0.465 e. The van der Waals surface area contributed by atoms with E-state index in [4.69, 9.17) is 5.26 Å². The van der Waals surface area contributed by atoms with Gasteiger partial charge in [0, 0.05) is 6.20 Å². The van der Waals surface area contributed by atoms with Crippen LogP contribution in [0.4, 0.5) is 0 Å². The van der Waals surface area contributed by atoms with Gasteiger partial charge in [0.05, 0.1) is 36.9 Å². The molecule has 0 N–H and O–H groups in total. The summed E-state index contributed by atoms with van der Waals surface area (Å²) >= 11 is 0. The number of nitrogens with zero attached hydrogens (tertiary/aromatic N) is 2. The summed E-state index contributed by atoms with van der Waals surface area (Å²) in [6, 6.07) is 6.41. The van der Waals surface area contributed by atoms with E-state index < -0.39 is 11.9 Å². The number of carbonyl (C=O) groups excluding carboxylic acids is 2. The minimum absolute atomic E-state index is 0.197. The lowest BCUT2D eigenvalue weighted by atomic mass is 10.2. The molecular weight excluding hydrogens is 248 g/mol. The Balaban J connectivity index is 2.77. The Morgan fingerprint density at radius 1 is 1.21 bits per heavy atom. The van der Waals surface area contributed by atoms with E-state index in [1.165, 1.54) is 36.9 Å². The van der Waals surface area contributed by atoms with Gasteiger partial charge in [-0.15, -0.1) is 0 Å². The van der Waals surface area contributed by atoms with Crippen LogP contribution in [0.15, 0.2) is 24.4 Å². The van der Waals surface area contributed by atoms with Crippen LogP contribution in [-0.4, -0.2) is 30.6 Å². The molecule has 6 heteroatoms. The van der Waals surface area contributed by atoms with E-state index in [0.29, 0.717) is 11.1 Å². The molecule has 6 nitrogen and oxygen atoms in total. The third kappa shape index (κ3) is 2.02. The Morgan fingerprint density at radius 2 is 1.89 bits per heavy atom. The van der Waals surface area contributed by atoms with E-state index in [2.05, 4.69) is 9.47 Å². The maximum absolute atomic E-state index is 11.7. The molecule has 96 valence electrons. The summed E-state index contributed by atoms with van der Waals surface area (Å²) in [6.07, 6.45) is 1.53. The zero-order valence-corrected chi connectivity index (χ0v) is 10.3. The summed E-state index contributed by atoms with van der Waals surface area (Å²) < 4.78 is 10.8. The molecule has 0 bridgehead atoms. The molecular formula is C13H10N2O4. The predicted octanol–water partition coefficient (Wildman–Crippen LogP) is 1.38. The fourth-order valence-electron chi connectivity index (χ4n) is 1.80. The summed E-state index contributed by atoms with van der Waals surface area (Å²) in [5.41, 5.74) is 1.21. The number of pyridine rings is 1. The second-order valence-electron chi connectivity index (χ2n) is 3.71. The van der Waals surface area contributed by atoms with E-state index in [-0.39, 0.29) is 11.3 Å². The second-order valence-corrected chi connectivity index (χ2v) is 3.71. The fourth-order valence-corrected chi connectivity index (χ4v) is 1.80. The smallest absolute Gasteiger partial charge is 0.355 e. The molecule has 0 saturated carbocycles. The number of rotatable bonds is 2. The lowest BCUT2D eigenvalue weighted by Gasteiger charge is -2.01. The molecule has 0 unspecified atom stereocenters. The molecule has 2 rings (SSSR count). The third-order valence-corrected chi connectivity index (χ3v) is 2.70. The first-order valence-electron chi connectivity index (χ1n) is 5.34. The molecule has 0 aliphatic carbocycles. The second kappa shape index (κ2) is 4.82. The van der Waals surface area contributed by atoms with Gasteiger partial charge in [-0.2, -0.15) is 5.26 Å². The van der Waals surface area contributed by atoms with Crippen LogP contribution in [0.25, 0.3) is 5.52 Å². The number of nitriles is 1. The van der Waals surface area contributed by atoms with Crippen molar-refractivity contribution in [1.82, 2.24) is 4.40 Å². The summed E-state index contributed by atoms with van der Waals surface area (Å²) in [5, 5.41) is 8.88. The number of ether oxygens (including phenoxy) is 2. The van der Waals surface area contributed by atoms with Gasteiger partial charge in [0.15, 0.2) is 0 Å². The van der Waals surface area contributed by atoms with Gasteiger partial charge in [-0.3, -0.25) is 0 Å². The van der Waals surface area contributed by atoms with Gasteiger partial charge in [0.25, 0.3) is 0 Å². The number of esters is 2. The molecule has 2 heterocycles. The van der Waals surface area contributed by atoms with Crippen molar-refractivity contribution in [3.05, 3.63) is 41.2 Å². The Hall–Kier alpha value is -2.81. The Kier molecular flexibility index (Phi) is 3.21. The topological polar surface area (TPSA) is 80.8 Å². The van der Waals surface area contributed by atoms with Crippen LogP contribution < -0.4 is 0 Å². The zero-order valence-electron chi connectivity index (χ0n) is 10.3. The van der Waals surface area contributed by atoms with E-state index in [9.17, 15) is 9.59 Å². The Morgan fingerprint density at radius 3 is 2.47 bits per heavy atom. The molecule has 0 spiro atoms. The lowest BCUT2D eigenvalue weighted by molar-refractivity contribution is 0.0592. The Bertz CT molecular complexity index is 709. The summed E-state index contributed by atoms with van der Waals surface area (Å²) in [7, 11) is 2.50. The quantitative estimate of drug-likeness (QED) is 0.760. The average Bonchev–Trinajstić information content (AvgIpc) is 2.84. The monoisotopic (exact) mass is 258 g/mol. The van der Waals surface area contributed by atoms with Gasteiger partial charge in [-0.1, -0.05) is 0 Å². The number of hydrogen-bond acceptors (Lipinski definition) is 5. The van der Waals surface area contributed by atoms with Crippen molar-refractivity contribution in [3.63, 3.8) is 0 Å². The standard InChI is InChI=1S/C13H10N2O4/c1-18-12(16)9-6-11(13(17)19-2)15-4-3-8(7-14)5-10(9)15/h3-6H,1-2H3. The van der Waals surface area contributed by atoms with E-state index in [1.807, 2.05) is 6.07 Å². The van der Waals surface area contributed by atoms with E-state index in [0.717, 1.165) is 0 Å². The van der Waals surface area contributed by atoms with Crippen molar-refractivity contribution in [2.75, 3.05) is 14.2 Å². The van der Waals surface area contributed by atoms with Crippen molar-refractivity contribution in [2.45, 2.75) is 0 Å². The first-order chi connectivity index (χ1) is 9.12. The van der Waals surface area contributed by atoms with Crippen molar-refractivity contribution in [2.24, 2.45) is 0 Å². The van der Waals surface area contributed by atoms with Crippen molar-refractivity contribution in [3.8, 4) is 6.07 Å². The minimum atomic E-state index is -0.581. The number of hydrogen-bond donors (Lipinski definition) is 0. The highest BCUT2D eigenvalue weighted by Gasteiger charge is 2.20. The van der Waals surface area contributed by atoms with Crippen LogP contribution in [-0.2, 0) is 9.47 Å². The molecule has 0 atom stereocenters. The van der Waals surface area contributed by atoms with Gasteiger partial charge in [-0.05, 0) is 18.2 Å². The van der Waals surface area contributed by atoms with Gasteiger partial charge >= 0.3 is 11.9 Å². The fraction of sp³-hybridized carbons (Fsp3) is 0.154. The van der Waals surface area contributed by atoms with Gasteiger partial charge in [0.2, 0.25) is 0 Å². The predicted molar refractivity (Wildman–Crippen MR) is 64.8 cm³/mol. The van der Waals surface area contributed by atoms with E-state index in [1.54, 1.807) is 6.07 Å². The lowest BCUT2D eigenvalue weighted by Crippen LogP contribution is -2.04. The summed E-state index contributed by atoms with van der Waals surface area (Å²) in [5.74, 6) is -1.15. The van der Waals surface area contributed by atoms with Gasteiger partial charge in [-0.25, -0.2) is 9.59 Å². The molecule has 2 aromatic heterocycles. The van der Waals surface area contributed by atoms with Crippen LogP contribution in [0.3, 0.4) is 0 Å². The molecule has 0 aromatic carbocycles. The maximum Gasteiger partial charge on any atom is 0.355 e. The van der Waals surface area contributed by atoms with Crippen molar-refractivity contribution in [1.29, 1.82) is 5.26 Å². The Labute approximate surface area is 108 Å². The molecule has 19 heavy (non-hydrogen) atoms. The van der Waals surface area contributed by atoms with Crippen LogP contribution >= 0.6 is 0 Å². The van der Waals surface area contributed by atoms with Crippen molar-refractivity contribution < 1.29 is 19.1 Å². The van der Waals surface area contributed by atoms with Crippen LogP contribution in [0, 0.1) is 11.3 Å². The maximum atomic E-state index is 11.7. The number of methoxy groups -OCH3 is 2. The largest absolute Gasteiger partial charge is 0.465 e. The summed E-state index contributed by atoms with van der Waals surface area (Å²) in [4.78, 5) is 23.3. The van der Waals surface area contributed by atoms with Crippen LogP contribution in [0.1, 0.15) is 26.4 Å². The van der Waals surface area contributed by atoms with E-state index >= 15 is 0 Å². The SMILES string of the molecule is COC(=O)c1cc(C(=O)OC)n2ccc(C#N)cc12. The normalized spacial score (nSPS) is 9.95. The van der Waals surface area contributed by atoms with Gasteiger partial charge < -0.3 is 13.9 Å². The van der Waals surface area contributed by atoms with Gasteiger partial charge in [0.1, 0.15) is 5.69 Å². The van der Waals surface area contributed by atoms with Crippen LogP contribution in [0.2, 0.25) is 0 Å². The highest BCUT2D eigenvalue weighted by atomic mass is 16.5. The molecule has 0 saturated heterocycles. The molecule has 0 aliphatic heterocycles. The summed E-state index contributed by atoms with van der Waals surface area (Å²) in [6.45, 7) is 0. The number of aromatic nitrogens is 1. The molecule has 0 aliphatic rings.